The van der Waals surface area contributed by atoms with Crippen LogP contribution in [0.25, 0.3) is 33.7 Å². The van der Waals surface area contributed by atoms with Crippen LogP contribution in [0.2, 0.25) is 0 Å². The standard InChI is InChI=1S/C23H22FN5O2/c1-14-5-9-29(10-6-14)20-12-19-16(11-18(20)24)21(30)17(13-28(19)2)23-26-22(27-31-23)15-3-7-25-8-4-15/h3-4,7-8,11-14H,5-6,9-10H2,1-2H3. The van der Waals surface area contributed by atoms with Crippen molar-refractivity contribution in [3.05, 3.63) is 58.9 Å². The molecule has 8 heteroatoms. The molecule has 0 amide bonds. The van der Waals surface area contributed by atoms with Gasteiger partial charge in [0.1, 0.15) is 11.4 Å². The van der Waals surface area contributed by atoms with Crippen LogP contribution in [-0.4, -0.2) is 32.8 Å². The fourth-order valence-electron chi connectivity index (χ4n) is 4.09. The first-order valence-electron chi connectivity index (χ1n) is 10.3. The van der Waals surface area contributed by atoms with E-state index in [-0.39, 0.29) is 28.1 Å². The van der Waals surface area contributed by atoms with Crippen LogP contribution in [0.4, 0.5) is 10.1 Å². The summed E-state index contributed by atoms with van der Waals surface area (Å²) in [4.78, 5) is 23.6. The van der Waals surface area contributed by atoms with Crippen molar-refractivity contribution in [2.24, 2.45) is 13.0 Å². The number of pyridine rings is 2. The van der Waals surface area contributed by atoms with Crippen LogP contribution in [-0.2, 0) is 7.05 Å². The molecule has 1 saturated heterocycles. The predicted octanol–water partition coefficient (Wildman–Crippen LogP) is 4.03. The highest BCUT2D eigenvalue weighted by Crippen LogP contribution is 2.29. The molecule has 1 aliphatic rings. The molecule has 158 valence electrons. The molecule has 31 heavy (non-hydrogen) atoms. The van der Waals surface area contributed by atoms with Crippen molar-refractivity contribution in [2.75, 3.05) is 18.0 Å². The Morgan fingerprint density at radius 1 is 1.16 bits per heavy atom. The maximum Gasteiger partial charge on any atom is 0.263 e. The van der Waals surface area contributed by atoms with Gasteiger partial charge in [0.05, 0.1) is 11.2 Å². The van der Waals surface area contributed by atoms with E-state index >= 15 is 4.39 Å². The number of piperidine rings is 1. The van der Waals surface area contributed by atoms with Gasteiger partial charge in [0.25, 0.3) is 5.89 Å². The number of aromatic nitrogens is 4. The SMILES string of the molecule is CC1CCN(c2cc3c(cc2F)c(=O)c(-c2nc(-c4ccncc4)no2)cn3C)CC1. The molecule has 0 unspecified atom stereocenters. The van der Waals surface area contributed by atoms with Crippen LogP contribution >= 0.6 is 0 Å². The molecule has 0 spiro atoms. The number of halogens is 1. The molecule has 0 bridgehead atoms. The van der Waals surface area contributed by atoms with E-state index in [4.69, 9.17) is 4.52 Å². The molecular weight excluding hydrogens is 397 g/mol. The second-order valence-corrected chi connectivity index (χ2v) is 8.13. The molecular formula is C23H22FN5O2. The molecule has 0 saturated carbocycles. The van der Waals surface area contributed by atoms with Gasteiger partial charge in [-0.05, 0) is 43.0 Å². The number of aryl methyl sites for hydroxylation is 1. The number of benzene rings is 1. The molecule has 1 aliphatic heterocycles. The fraction of sp³-hybridized carbons (Fsp3) is 0.304. The van der Waals surface area contributed by atoms with Gasteiger partial charge >= 0.3 is 0 Å². The lowest BCUT2D eigenvalue weighted by molar-refractivity contribution is 0.432. The normalized spacial score (nSPS) is 15.0. The first-order chi connectivity index (χ1) is 15.0. The summed E-state index contributed by atoms with van der Waals surface area (Å²) in [6.45, 7) is 3.85. The lowest BCUT2D eigenvalue weighted by atomic mass is 9.98. The van der Waals surface area contributed by atoms with Gasteiger partial charge in [0.15, 0.2) is 0 Å². The van der Waals surface area contributed by atoms with Crippen LogP contribution in [0, 0.1) is 11.7 Å². The van der Waals surface area contributed by atoms with Crippen LogP contribution in [0.15, 0.2) is 52.2 Å². The summed E-state index contributed by atoms with van der Waals surface area (Å²) in [6.07, 6.45) is 6.99. The summed E-state index contributed by atoms with van der Waals surface area (Å²) in [5, 5.41) is 4.26. The van der Waals surface area contributed by atoms with Gasteiger partial charge < -0.3 is 14.0 Å². The van der Waals surface area contributed by atoms with E-state index in [1.807, 2.05) is 7.05 Å². The van der Waals surface area contributed by atoms with Gasteiger partial charge in [-0.2, -0.15) is 4.98 Å². The Bertz CT molecular complexity index is 1310. The summed E-state index contributed by atoms with van der Waals surface area (Å²) < 4.78 is 22.2. The Hall–Kier alpha value is -3.55. The quantitative estimate of drug-likeness (QED) is 0.499. The number of fused-ring (bicyclic) bond motifs is 1. The predicted molar refractivity (Wildman–Crippen MR) is 116 cm³/mol. The number of anilines is 1. The van der Waals surface area contributed by atoms with Gasteiger partial charge in [-0.25, -0.2) is 4.39 Å². The van der Waals surface area contributed by atoms with Gasteiger partial charge in [-0.3, -0.25) is 9.78 Å². The van der Waals surface area contributed by atoms with Gasteiger partial charge in [0.2, 0.25) is 11.3 Å². The minimum absolute atomic E-state index is 0.101. The van der Waals surface area contributed by atoms with E-state index in [0.29, 0.717) is 22.9 Å². The molecule has 1 aromatic carbocycles. The summed E-state index contributed by atoms with van der Waals surface area (Å²) in [5.74, 6) is 0.724. The zero-order valence-corrected chi connectivity index (χ0v) is 17.4. The van der Waals surface area contributed by atoms with Crippen molar-refractivity contribution in [2.45, 2.75) is 19.8 Å². The highest BCUT2D eigenvalue weighted by Gasteiger charge is 2.22. The molecule has 5 rings (SSSR count). The average molecular weight is 419 g/mol. The van der Waals surface area contributed by atoms with Crippen LogP contribution < -0.4 is 10.3 Å². The zero-order chi connectivity index (χ0) is 21.5. The number of rotatable bonds is 3. The number of nitrogens with zero attached hydrogens (tertiary/aromatic N) is 5. The molecule has 1 fully saturated rings. The second-order valence-electron chi connectivity index (χ2n) is 8.13. The minimum atomic E-state index is -0.390. The smallest absolute Gasteiger partial charge is 0.263 e. The van der Waals surface area contributed by atoms with Crippen molar-refractivity contribution >= 4 is 16.6 Å². The third-order valence-electron chi connectivity index (χ3n) is 5.98. The van der Waals surface area contributed by atoms with E-state index in [1.165, 1.54) is 6.07 Å². The van der Waals surface area contributed by atoms with Gasteiger partial charge in [-0.15, -0.1) is 0 Å². The maximum atomic E-state index is 15.0. The van der Waals surface area contributed by atoms with Crippen molar-refractivity contribution in [1.82, 2.24) is 19.7 Å². The summed E-state index contributed by atoms with van der Waals surface area (Å²) in [6, 6.07) is 6.60. The first-order valence-corrected chi connectivity index (χ1v) is 10.3. The Morgan fingerprint density at radius 3 is 2.65 bits per heavy atom. The molecule has 0 N–H and O–H groups in total. The second kappa shape index (κ2) is 7.61. The molecule has 0 atom stereocenters. The summed E-state index contributed by atoms with van der Waals surface area (Å²) in [7, 11) is 1.82. The molecule has 0 aliphatic carbocycles. The fourth-order valence-corrected chi connectivity index (χ4v) is 4.09. The van der Waals surface area contributed by atoms with E-state index in [2.05, 4.69) is 26.9 Å². The van der Waals surface area contributed by atoms with Gasteiger partial charge in [-0.1, -0.05) is 12.1 Å². The third-order valence-corrected chi connectivity index (χ3v) is 5.98. The minimum Gasteiger partial charge on any atom is -0.369 e. The molecule has 4 heterocycles. The monoisotopic (exact) mass is 419 g/mol. The molecule has 3 aromatic heterocycles. The van der Waals surface area contributed by atoms with Gasteiger partial charge in [0, 0.05) is 49.7 Å². The first kappa shape index (κ1) is 19.4. The third kappa shape index (κ3) is 3.48. The topological polar surface area (TPSA) is 77.1 Å². The Morgan fingerprint density at radius 2 is 1.90 bits per heavy atom. The zero-order valence-electron chi connectivity index (χ0n) is 17.4. The molecule has 4 aromatic rings. The van der Waals surface area contributed by atoms with E-state index < -0.39 is 0 Å². The Balaban J connectivity index is 1.58. The number of hydrogen-bond acceptors (Lipinski definition) is 6. The van der Waals surface area contributed by atoms with Crippen molar-refractivity contribution in [3.63, 3.8) is 0 Å². The summed E-state index contributed by atoms with van der Waals surface area (Å²) >= 11 is 0. The largest absolute Gasteiger partial charge is 0.369 e. The van der Waals surface area contributed by atoms with Crippen LogP contribution in [0.1, 0.15) is 19.8 Å². The number of hydrogen-bond donors (Lipinski definition) is 0. The van der Waals surface area contributed by atoms with Crippen molar-refractivity contribution < 1.29 is 8.91 Å². The lowest BCUT2D eigenvalue weighted by Gasteiger charge is -2.32. The Kier molecular flexibility index (Phi) is 4.77. The highest BCUT2D eigenvalue weighted by molar-refractivity contribution is 5.86. The average Bonchev–Trinajstić information content (AvgIpc) is 3.27. The lowest BCUT2D eigenvalue weighted by Crippen LogP contribution is -2.33. The highest BCUT2D eigenvalue weighted by atomic mass is 19.1. The van der Waals surface area contributed by atoms with E-state index in [1.54, 1.807) is 41.4 Å². The molecule has 0 radical (unpaired) electrons. The molecule has 7 nitrogen and oxygen atoms in total. The van der Waals surface area contributed by atoms with E-state index in [0.717, 1.165) is 31.5 Å². The van der Waals surface area contributed by atoms with Crippen molar-refractivity contribution in [1.29, 1.82) is 0 Å². The maximum absolute atomic E-state index is 15.0. The Labute approximate surface area is 178 Å². The van der Waals surface area contributed by atoms with Crippen LogP contribution in [0.3, 0.4) is 0 Å². The van der Waals surface area contributed by atoms with E-state index in [9.17, 15) is 4.79 Å². The summed E-state index contributed by atoms with van der Waals surface area (Å²) in [5.41, 5.74) is 1.84. The van der Waals surface area contributed by atoms with Crippen molar-refractivity contribution in [3.8, 4) is 22.8 Å². The van der Waals surface area contributed by atoms with Crippen LogP contribution in [0.5, 0.6) is 0 Å².